The van der Waals surface area contributed by atoms with E-state index in [1.54, 1.807) is 24.3 Å². The molecule has 0 heterocycles. The molecule has 0 bridgehead atoms. The minimum absolute atomic E-state index is 0. The molecule has 0 aliphatic carbocycles. The average molecular weight is 208 g/mol. The predicted octanol–water partition coefficient (Wildman–Crippen LogP) is 2.04. The van der Waals surface area contributed by atoms with Crippen LogP contribution in [0.5, 0.6) is 0 Å². The third-order valence-corrected chi connectivity index (χ3v) is 1.17. The average Bonchev–Trinajstić information content (AvgIpc) is 2.04. The second kappa shape index (κ2) is 10.9. The Bertz CT molecular complexity index is 294. The highest BCUT2D eigenvalue weighted by Gasteiger charge is 1.95. The molecular weight excluding hydrogens is 200 g/mol. The van der Waals surface area contributed by atoms with Gasteiger partial charge in [0.2, 0.25) is 0 Å². The topological polar surface area (TPSA) is 47.6 Å². The van der Waals surface area contributed by atoms with Crippen molar-refractivity contribution in [2.75, 3.05) is 0 Å². The summed E-state index contributed by atoms with van der Waals surface area (Å²) in [6.07, 6.45) is 0. The number of nitriles is 2. The molecule has 1 aromatic carbocycles. The van der Waals surface area contributed by atoms with Gasteiger partial charge in [0.1, 0.15) is 12.1 Å². The van der Waals surface area contributed by atoms with Crippen LogP contribution in [0.3, 0.4) is 0 Å². The summed E-state index contributed by atoms with van der Waals surface area (Å²) < 4.78 is 0. The summed E-state index contributed by atoms with van der Waals surface area (Å²) in [6.45, 7) is 0. The lowest BCUT2D eigenvalue weighted by atomic mass is 10.1. The SMILES string of the molecule is F.F.F.F.N#Cc1ccccc1C#N. The van der Waals surface area contributed by atoms with Gasteiger partial charge in [-0.3, -0.25) is 18.8 Å². The van der Waals surface area contributed by atoms with Crippen LogP contribution in [0.25, 0.3) is 0 Å². The second-order valence-corrected chi connectivity index (χ2v) is 1.77. The molecule has 0 atom stereocenters. The highest BCUT2D eigenvalue weighted by atomic mass is 19.0. The number of halogens is 4. The Morgan fingerprint density at radius 1 is 0.714 bits per heavy atom. The highest BCUT2D eigenvalue weighted by molar-refractivity contribution is 5.44. The van der Waals surface area contributed by atoms with Crippen LogP contribution in [0.2, 0.25) is 0 Å². The van der Waals surface area contributed by atoms with Crippen LogP contribution in [0, 0.1) is 22.7 Å². The molecule has 0 radical (unpaired) electrons. The molecule has 0 fully saturated rings. The van der Waals surface area contributed by atoms with Crippen molar-refractivity contribution in [3.8, 4) is 12.1 Å². The molecular formula is C8H8F4N2. The molecule has 0 saturated carbocycles. The van der Waals surface area contributed by atoms with Gasteiger partial charge in [-0.1, -0.05) is 12.1 Å². The van der Waals surface area contributed by atoms with E-state index in [0.717, 1.165) is 0 Å². The van der Waals surface area contributed by atoms with E-state index in [-0.39, 0.29) is 18.8 Å². The molecule has 2 nitrogen and oxygen atoms in total. The normalized spacial score (nSPS) is 5.57. The van der Waals surface area contributed by atoms with Gasteiger partial charge in [0.05, 0.1) is 11.1 Å². The minimum Gasteiger partial charge on any atom is -0.269 e. The third-order valence-electron chi connectivity index (χ3n) is 1.17. The van der Waals surface area contributed by atoms with Crippen LogP contribution in [0.1, 0.15) is 11.1 Å². The number of benzene rings is 1. The lowest BCUT2D eigenvalue weighted by Gasteiger charge is -1.88. The van der Waals surface area contributed by atoms with E-state index in [2.05, 4.69) is 0 Å². The Morgan fingerprint density at radius 3 is 1.21 bits per heavy atom. The van der Waals surface area contributed by atoms with Crippen molar-refractivity contribution in [3.63, 3.8) is 0 Å². The maximum absolute atomic E-state index is 8.45. The Kier molecular flexibility index (Phi) is 17.7. The first-order valence-corrected chi connectivity index (χ1v) is 2.77. The van der Waals surface area contributed by atoms with Gasteiger partial charge in [-0.2, -0.15) is 10.5 Å². The van der Waals surface area contributed by atoms with Crippen LogP contribution < -0.4 is 0 Å². The largest absolute Gasteiger partial charge is 0.269 e. The van der Waals surface area contributed by atoms with Gasteiger partial charge in [0.25, 0.3) is 0 Å². The molecule has 0 aliphatic rings. The molecule has 6 heteroatoms. The maximum atomic E-state index is 8.45. The van der Waals surface area contributed by atoms with E-state index in [4.69, 9.17) is 10.5 Å². The van der Waals surface area contributed by atoms with Gasteiger partial charge in [-0.15, -0.1) is 0 Å². The standard InChI is InChI=1S/C8H4N2.4FH/c9-5-7-3-1-2-4-8(7)6-10;;;;/h1-4H;4*1H. The van der Waals surface area contributed by atoms with Crippen molar-refractivity contribution < 1.29 is 18.8 Å². The maximum Gasteiger partial charge on any atom is 0.101 e. The monoisotopic (exact) mass is 208 g/mol. The summed E-state index contributed by atoms with van der Waals surface area (Å²) in [5, 5.41) is 16.9. The van der Waals surface area contributed by atoms with Crippen molar-refractivity contribution in [1.82, 2.24) is 0 Å². The molecule has 14 heavy (non-hydrogen) atoms. The first kappa shape index (κ1) is 22.7. The van der Waals surface area contributed by atoms with E-state index in [1.165, 1.54) is 0 Å². The van der Waals surface area contributed by atoms with Gasteiger partial charge < -0.3 is 0 Å². The van der Waals surface area contributed by atoms with Crippen molar-refractivity contribution in [3.05, 3.63) is 35.4 Å². The predicted molar refractivity (Wildman–Crippen MR) is 45.9 cm³/mol. The number of hydrogen-bond donors (Lipinski definition) is 0. The Hall–Kier alpha value is -2.08. The molecule has 0 spiro atoms. The van der Waals surface area contributed by atoms with E-state index in [1.807, 2.05) is 12.1 Å². The van der Waals surface area contributed by atoms with Crippen LogP contribution >= 0.6 is 0 Å². The summed E-state index contributed by atoms with van der Waals surface area (Å²) >= 11 is 0. The van der Waals surface area contributed by atoms with E-state index in [0.29, 0.717) is 11.1 Å². The van der Waals surface area contributed by atoms with Gasteiger partial charge >= 0.3 is 0 Å². The first-order valence-electron chi connectivity index (χ1n) is 2.77. The fourth-order valence-corrected chi connectivity index (χ4v) is 0.678. The van der Waals surface area contributed by atoms with E-state index >= 15 is 0 Å². The summed E-state index contributed by atoms with van der Waals surface area (Å²) in [4.78, 5) is 0. The fourth-order valence-electron chi connectivity index (χ4n) is 0.678. The Labute approximate surface area is 77.9 Å². The van der Waals surface area contributed by atoms with Crippen molar-refractivity contribution in [2.45, 2.75) is 0 Å². The van der Waals surface area contributed by atoms with Crippen molar-refractivity contribution >= 4 is 0 Å². The molecule has 0 unspecified atom stereocenters. The molecule has 0 saturated heterocycles. The quantitative estimate of drug-likeness (QED) is 0.612. The summed E-state index contributed by atoms with van der Waals surface area (Å²) in [5.41, 5.74) is 0.870. The Balaban J connectivity index is -0.000000125. The van der Waals surface area contributed by atoms with E-state index in [9.17, 15) is 0 Å². The molecule has 1 rings (SSSR count). The van der Waals surface area contributed by atoms with Crippen LogP contribution in [0.15, 0.2) is 24.3 Å². The van der Waals surface area contributed by atoms with Crippen LogP contribution in [-0.4, -0.2) is 0 Å². The van der Waals surface area contributed by atoms with Crippen molar-refractivity contribution in [1.29, 1.82) is 10.5 Å². The zero-order valence-corrected chi connectivity index (χ0v) is 6.84. The third kappa shape index (κ3) is 4.73. The zero-order valence-electron chi connectivity index (χ0n) is 6.84. The highest BCUT2D eigenvalue weighted by Crippen LogP contribution is 2.03. The number of hydrogen-bond acceptors (Lipinski definition) is 2. The summed E-state index contributed by atoms with van der Waals surface area (Å²) in [6, 6.07) is 10.6. The first-order chi connectivity index (χ1) is 4.88. The summed E-state index contributed by atoms with van der Waals surface area (Å²) in [7, 11) is 0. The molecule has 78 valence electrons. The zero-order chi connectivity index (χ0) is 7.40. The molecule has 0 N–H and O–H groups in total. The van der Waals surface area contributed by atoms with Crippen molar-refractivity contribution in [2.24, 2.45) is 0 Å². The fraction of sp³-hybridized carbons (Fsp3) is 0. The van der Waals surface area contributed by atoms with Gasteiger partial charge in [-0.05, 0) is 12.1 Å². The second-order valence-electron chi connectivity index (χ2n) is 1.77. The lowest BCUT2D eigenvalue weighted by Crippen LogP contribution is -1.79. The molecule has 0 amide bonds. The van der Waals surface area contributed by atoms with Gasteiger partial charge in [-0.25, -0.2) is 0 Å². The smallest absolute Gasteiger partial charge is 0.101 e. The molecule has 1 aromatic rings. The van der Waals surface area contributed by atoms with Gasteiger partial charge in [0.15, 0.2) is 0 Å². The van der Waals surface area contributed by atoms with E-state index < -0.39 is 0 Å². The molecule has 0 aromatic heterocycles. The lowest BCUT2D eigenvalue weighted by molar-refractivity contribution is 1.11. The van der Waals surface area contributed by atoms with Gasteiger partial charge in [0, 0.05) is 0 Å². The minimum atomic E-state index is 0. The number of nitrogens with zero attached hydrogens (tertiary/aromatic N) is 2. The van der Waals surface area contributed by atoms with Crippen LogP contribution in [-0.2, 0) is 0 Å². The number of rotatable bonds is 0. The Morgan fingerprint density at radius 2 is 1.00 bits per heavy atom. The van der Waals surface area contributed by atoms with Crippen LogP contribution in [0.4, 0.5) is 18.8 Å². The molecule has 0 aliphatic heterocycles. The summed E-state index contributed by atoms with van der Waals surface area (Å²) in [5.74, 6) is 0.